The molecule has 0 aliphatic heterocycles. The number of ether oxygens (including phenoxy) is 1. The van der Waals surface area contributed by atoms with E-state index < -0.39 is 5.97 Å². The number of hydrogen-bond acceptors (Lipinski definition) is 4. The van der Waals surface area contributed by atoms with Gasteiger partial charge in [0.15, 0.2) is 0 Å². The largest absolute Gasteiger partial charge is 0.423 e. The van der Waals surface area contributed by atoms with Crippen LogP contribution in [0.4, 0.5) is 0 Å². The minimum atomic E-state index is -0.537. The van der Waals surface area contributed by atoms with Crippen LogP contribution in [0.15, 0.2) is 22.7 Å². The van der Waals surface area contributed by atoms with Gasteiger partial charge in [-0.3, -0.25) is 0 Å². The van der Waals surface area contributed by atoms with Crippen LogP contribution in [0.3, 0.4) is 0 Å². The van der Waals surface area contributed by atoms with E-state index in [0.717, 1.165) is 0 Å². The van der Waals surface area contributed by atoms with Crippen LogP contribution >= 0.6 is 23.2 Å². The molecule has 2 aromatic rings. The Morgan fingerprint density at radius 3 is 2.56 bits per heavy atom. The topological polar surface area (TPSA) is 52.3 Å². The van der Waals surface area contributed by atoms with Gasteiger partial charge in [0.2, 0.25) is 0 Å². The van der Waals surface area contributed by atoms with Crippen LogP contribution in [-0.2, 0) is 0 Å². The van der Waals surface area contributed by atoms with Crippen LogP contribution in [0.1, 0.15) is 21.8 Å². The second-order valence-electron chi connectivity index (χ2n) is 3.66. The first-order valence-electron chi connectivity index (χ1n) is 5.09. The van der Waals surface area contributed by atoms with Gasteiger partial charge in [-0.1, -0.05) is 28.4 Å². The molecule has 4 nitrogen and oxygen atoms in total. The van der Waals surface area contributed by atoms with Crippen LogP contribution < -0.4 is 4.74 Å². The van der Waals surface area contributed by atoms with Gasteiger partial charge >= 0.3 is 5.97 Å². The van der Waals surface area contributed by atoms with E-state index >= 15 is 0 Å². The van der Waals surface area contributed by atoms with Crippen LogP contribution in [0.2, 0.25) is 10.0 Å². The molecule has 6 heteroatoms. The number of nitrogens with zero attached hydrogens (tertiary/aromatic N) is 1. The molecule has 0 radical (unpaired) electrons. The molecule has 0 atom stereocenters. The summed E-state index contributed by atoms with van der Waals surface area (Å²) in [5.74, 6) is 0.191. The van der Waals surface area contributed by atoms with E-state index in [1.165, 1.54) is 6.07 Å². The standard InChI is InChI=1S/C12H9Cl2NO3/c1-6-11(7(2)18-15-6)12(16)17-8-3-4-9(13)10(14)5-8/h3-5H,1-2H3. The molecule has 0 spiro atoms. The summed E-state index contributed by atoms with van der Waals surface area (Å²) >= 11 is 11.6. The number of benzene rings is 1. The highest BCUT2D eigenvalue weighted by Crippen LogP contribution is 2.27. The fourth-order valence-electron chi connectivity index (χ4n) is 1.47. The zero-order valence-corrected chi connectivity index (χ0v) is 11.2. The minimum absolute atomic E-state index is 0.314. The first-order valence-corrected chi connectivity index (χ1v) is 5.84. The van der Waals surface area contributed by atoms with Gasteiger partial charge in [0.25, 0.3) is 0 Å². The van der Waals surface area contributed by atoms with Gasteiger partial charge in [-0.15, -0.1) is 0 Å². The minimum Gasteiger partial charge on any atom is -0.423 e. The summed E-state index contributed by atoms with van der Waals surface area (Å²) in [5, 5.41) is 4.40. The van der Waals surface area contributed by atoms with Crippen LogP contribution in [0.25, 0.3) is 0 Å². The highest BCUT2D eigenvalue weighted by molar-refractivity contribution is 6.42. The molecule has 0 amide bonds. The molecule has 0 aliphatic carbocycles. The van der Waals surface area contributed by atoms with Gasteiger partial charge in [0, 0.05) is 6.07 Å². The molecular formula is C12H9Cl2NO3. The predicted octanol–water partition coefficient (Wildman–Crippen LogP) is 3.82. The predicted molar refractivity (Wildman–Crippen MR) is 67.4 cm³/mol. The smallest absolute Gasteiger partial charge is 0.349 e. The number of esters is 1. The average molecular weight is 286 g/mol. The average Bonchev–Trinajstić information content (AvgIpc) is 2.64. The summed E-state index contributed by atoms with van der Waals surface area (Å²) in [6, 6.07) is 4.59. The lowest BCUT2D eigenvalue weighted by Gasteiger charge is -2.04. The Bertz CT molecular complexity index is 588. The van der Waals surface area contributed by atoms with Crippen molar-refractivity contribution in [3.63, 3.8) is 0 Å². The van der Waals surface area contributed by atoms with Gasteiger partial charge in [0.05, 0.1) is 15.7 Å². The number of aromatic nitrogens is 1. The third-order valence-corrected chi connectivity index (χ3v) is 3.08. The van der Waals surface area contributed by atoms with Crippen molar-refractivity contribution in [2.75, 3.05) is 0 Å². The van der Waals surface area contributed by atoms with Crippen LogP contribution in [0, 0.1) is 13.8 Å². The molecule has 0 bridgehead atoms. The highest BCUT2D eigenvalue weighted by atomic mass is 35.5. The fourth-order valence-corrected chi connectivity index (χ4v) is 1.76. The summed E-state index contributed by atoms with van der Waals surface area (Å²) in [6.45, 7) is 3.31. The Balaban J connectivity index is 2.24. The highest BCUT2D eigenvalue weighted by Gasteiger charge is 2.19. The van der Waals surface area contributed by atoms with Gasteiger partial charge in [0.1, 0.15) is 17.1 Å². The summed E-state index contributed by atoms with van der Waals surface area (Å²) in [5.41, 5.74) is 0.804. The lowest BCUT2D eigenvalue weighted by molar-refractivity contribution is 0.0732. The SMILES string of the molecule is Cc1noc(C)c1C(=O)Oc1ccc(Cl)c(Cl)c1. The second kappa shape index (κ2) is 5.00. The molecule has 1 aromatic heterocycles. The molecule has 0 fully saturated rings. The maximum absolute atomic E-state index is 11.9. The van der Waals surface area contributed by atoms with Crippen molar-refractivity contribution in [3.05, 3.63) is 45.3 Å². The maximum Gasteiger partial charge on any atom is 0.349 e. The molecule has 1 heterocycles. The van der Waals surface area contributed by atoms with Gasteiger partial charge in [-0.05, 0) is 26.0 Å². The van der Waals surface area contributed by atoms with E-state index in [1.807, 2.05) is 0 Å². The molecule has 0 N–H and O–H groups in total. The first kappa shape index (κ1) is 12.9. The molecule has 0 unspecified atom stereocenters. The Morgan fingerprint density at radius 2 is 2.00 bits per heavy atom. The normalized spacial score (nSPS) is 10.4. The lowest BCUT2D eigenvalue weighted by Crippen LogP contribution is -2.10. The van der Waals surface area contributed by atoms with Crippen molar-refractivity contribution >= 4 is 29.2 Å². The number of carbonyl (C=O) groups excluding carboxylic acids is 1. The zero-order valence-electron chi connectivity index (χ0n) is 9.66. The van der Waals surface area contributed by atoms with Crippen LogP contribution in [0.5, 0.6) is 5.75 Å². The van der Waals surface area contributed by atoms with E-state index in [0.29, 0.717) is 32.8 Å². The summed E-state index contributed by atoms with van der Waals surface area (Å²) in [4.78, 5) is 11.9. The fraction of sp³-hybridized carbons (Fsp3) is 0.167. The lowest BCUT2D eigenvalue weighted by atomic mass is 10.2. The first-order chi connectivity index (χ1) is 8.49. The Labute approximate surface area is 113 Å². The molecule has 0 saturated heterocycles. The Morgan fingerprint density at radius 1 is 1.28 bits per heavy atom. The summed E-state index contributed by atoms with van der Waals surface area (Å²) in [7, 11) is 0. The van der Waals surface area contributed by atoms with Crippen molar-refractivity contribution < 1.29 is 14.1 Å². The monoisotopic (exact) mass is 285 g/mol. The number of carbonyl (C=O) groups is 1. The Kier molecular flexibility index (Phi) is 3.59. The van der Waals surface area contributed by atoms with E-state index in [4.69, 9.17) is 32.5 Å². The zero-order chi connectivity index (χ0) is 13.3. The van der Waals surface area contributed by atoms with Crippen molar-refractivity contribution in [2.45, 2.75) is 13.8 Å². The van der Waals surface area contributed by atoms with Crippen molar-refractivity contribution in [3.8, 4) is 5.75 Å². The van der Waals surface area contributed by atoms with E-state index in [1.54, 1.807) is 26.0 Å². The molecular weight excluding hydrogens is 277 g/mol. The second-order valence-corrected chi connectivity index (χ2v) is 4.48. The molecule has 18 heavy (non-hydrogen) atoms. The molecule has 94 valence electrons. The van der Waals surface area contributed by atoms with Gasteiger partial charge in [-0.25, -0.2) is 4.79 Å². The van der Waals surface area contributed by atoms with Crippen molar-refractivity contribution in [2.24, 2.45) is 0 Å². The van der Waals surface area contributed by atoms with Gasteiger partial charge < -0.3 is 9.26 Å². The summed E-state index contributed by atoms with van der Waals surface area (Å²) in [6.07, 6.45) is 0. The van der Waals surface area contributed by atoms with Gasteiger partial charge in [-0.2, -0.15) is 0 Å². The third-order valence-electron chi connectivity index (χ3n) is 2.34. The Hall–Kier alpha value is -1.52. The number of rotatable bonds is 2. The van der Waals surface area contributed by atoms with Crippen molar-refractivity contribution in [1.29, 1.82) is 0 Å². The number of hydrogen-bond donors (Lipinski definition) is 0. The maximum atomic E-state index is 11.9. The number of aryl methyl sites for hydroxylation is 2. The quantitative estimate of drug-likeness (QED) is 0.622. The van der Waals surface area contributed by atoms with E-state index in [-0.39, 0.29) is 0 Å². The third kappa shape index (κ3) is 2.49. The molecule has 0 saturated carbocycles. The van der Waals surface area contributed by atoms with Crippen molar-refractivity contribution in [1.82, 2.24) is 5.16 Å². The summed E-state index contributed by atoms with van der Waals surface area (Å²) < 4.78 is 10.1. The number of halogens is 2. The van der Waals surface area contributed by atoms with Crippen LogP contribution in [-0.4, -0.2) is 11.1 Å². The molecule has 0 aliphatic rings. The molecule has 2 rings (SSSR count). The molecule has 1 aromatic carbocycles. The van der Waals surface area contributed by atoms with E-state index in [2.05, 4.69) is 5.16 Å². The van der Waals surface area contributed by atoms with E-state index in [9.17, 15) is 4.79 Å².